The number of likely N-dealkylation sites (tertiary alicyclic amines) is 1. The molecular formula is C13H24N4. The van der Waals surface area contributed by atoms with Gasteiger partial charge in [0, 0.05) is 31.4 Å². The van der Waals surface area contributed by atoms with Crippen LogP contribution in [-0.4, -0.2) is 40.9 Å². The van der Waals surface area contributed by atoms with Crippen LogP contribution in [0.1, 0.15) is 38.4 Å². The number of rotatable bonds is 5. The Hall–Kier alpha value is -0.870. The van der Waals surface area contributed by atoms with Crippen molar-refractivity contribution in [1.29, 1.82) is 0 Å². The Kier molecular flexibility index (Phi) is 4.18. The van der Waals surface area contributed by atoms with Gasteiger partial charge in [-0.15, -0.1) is 0 Å². The minimum Gasteiger partial charge on any atom is -0.318 e. The number of aromatic nitrogens is 2. The Balaban J connectivity index is 1.94. The van der Waals surface area contributed by atoms with Gasteiger partial charge >= 0.3 is 0 Å². The predicted octanol–water partition coefficient (Wildman–Crippen LogP) is 1.65. The number of hydrogen-bond acceptors (Lipinski definition) is 3. The fourth-order valence-corrected chi connectivity index (χ4v) is 2.53. The van der Waals surface area contributed by atoms with Crippen molar-refractivity contribution in [2.45, 2.75) is 45.3 Å². The van der Waals surface area contributed by atoms with Gasteiger partial charge in [-0.05, 0) is 46.3 Å². The summed E-state index contributed by atoms with van der Waals surface area (Å²) in [5.74, 6) is 0. The van der Waals surface area contributed by atoms with E-state index in [2.05, 4.69) is 41.4 Å². The summed E-state index contributed by atoms with van der Waals surface area (Å²) >= 11 is 0. The number of hydrogen-bond donors (Lipinski definition) is 1. The Morgan fingerprint density at radius 1 is 1.53 bits per heavy atom. The standard InChI is InChI=1S/C13H24N4/c1-11(2)17-8-6-12(15-17)10-16-7-4-5-13(16)9-14-3/h6,8,11,13-14H,4-5,7,9-10H2,1-3H3. The summed E-state index contributed by atoms with van der Waals surface area (Å²) in [7, 11) is 2.03. The molecule has 1 aliphatic rings. The largest absolute Gasteiger partial charge is 0.318 e. The lowest BCUT2D eigenvalue weighted by molar-refractivity contribution is 0.238. The van der Waals surface area contributed by atoms with Crippen molar-refractivity contribution in [2.75, 3.05) is 20.1 Å². The van der Waals surface area contributed by atoms with E-state index in [4.69, 9.17) is 0 Å². The van der Waals surface area contributed by atoms with Crippen molar-refractivity contribution in [1.82, 2.24) is 20.0 Å². The van der Waals surface area contributed by atoms with E-state index in [0.717, 1.165) is 13.1 Å². The normalized spacial score (nSPS) is 21.5. The van der Waals surface area contributed by atoms with Crippen molar-refractivity contribution < 1.29 is 0 Å². The van der Waals surface area contributed by atoms with Gasteiger partial charge in [0.15, 0.2) is 0 Å². The molecule has 1 atom stereocenters. The zero-order valence-corrected chi connectivity index (χ0v) is 11.2. The quantitative estimate of drug-likeness (QED) is 0.844. The molecule has 2 heterocycles. The van der Waals surface area contributed by atoms with Crippen LogP contribution in [0.2, 0.25) is 0 Å². The summed E-state index contributed by atoms with van der Waals surface area (Å²) in [6.45, 7) is 7.62. The molecule has 96 valence electrons. The maximum absolute atomic E-state index is 4.62. The molecule has 0 radical (unpaired) electrons. The average Bonchev–Trinajstić information content (AvgIpc) is 2.90. The lowest BCUT2D eigenvalue weighted by Gasteiger charge is -2.23. The average molecular weight is 236 g/mol. The summed E-state index contributed by atoms with van der Waals surface area (Å²) in [4.78, 5) is 2.55. The van der Waals surface area contributed by atoms with E-state index in [-0.39, 0.29) is 0 Å². The molecule has 0 saturated carbocycles. The molecule has 1 N–H and O–H groups in total. The minimum atomic E-state index is 0.454. The Labute approximate surface area is 104 Å². The first-order valence-corrected chi connectivity index (χ1v) is 6.63. The van der Waals surface area contributed by atoms with Crippen LogP contribution < -0.4 is 5.32 Å². The van der Waals surface area contributed by atoms with E-state index in [1.807, 2.05) is 11.7 Å². The van der Waals surface area contributed by atoms with Crippen molar-refractivity contribution in [3.8, 4) is 0 Å². The first-order valence-electron chi connectivity index (χ1n) is 6.63. The summed E-state index contributed by atoms with van der Waals surface area (Å²) in [6, 6.07) is 3.29. The van der Waals surface area contributed by atoms with E-state index in [1.54, 1.807) is 0 Å². The van der Waals surface area contributed by atoms with Crippen LogP contribution in [0, 0.1) is 0 Å². The first-order chi connectivity index (χ1) is 8.20. The van der Waals surface area contributed by atoms with Crippen LogP contribution in [0.3, 0.4) is 0 Å². The zero-order chi connectivity index (χ0) is 12.3. The lowest BCUT2D eigenvalue weighted by atomic mass is 10.2. The first kappa shape index (κ1) is 12.6. The predicted molar refractivity (Wildman–Crippen MR) is 70.0 cm³/mol. The highest BCUT2D eigenvalue weighted by molar-refractivity contribution is 5.00. The van der Waals surface area contributed by atoms with Gasteiger partial charge in [-0.1, -0.05) is 0 Å². The topological polar surface area (TPSA) is 33.1 Å². The number of nitrogens with one attached hydrogen (secondary N) is 1. The van der Waals surface area contributed by atoms with Gasteiger partial charge in [0.25, 0.3) is 0 Å². The Morgan fingerprint density at radius 3 is 3.00 bits per heavy atom. The van der Waals surface area contributed by atoms with Gasteiger partial charge in [-0.3, -0.25) is 9.58 Å². The molecule has 1 aromatic rings. The zero-order valence-electron chi connectivity index (χ0n) is 11.2. The van der Waals surface area contributed by atoms with Crippen molar-refractivity contribution in [3.63, 3.8) is 0 Å². The second-order valence-corrected chi connectivity index (χ2v) is 5.21. The fraction of sp³-hybridized carbons (Fsp3) is 0.769. The van der Waals surface area contributed by atoms with E-state index < -0.39 is 0 Å². The van der Waals surface area contributed by atoms with E-state index in [1.165, 1.54) is 25.1 Å². The Bertz CT molecular complexity index is 345. The third kappa shape index (κ3) is 3.07. The highest BCUT2D eigenvalue weighted by atomic mass is 15.3. The van der Waals surface area contributed by atoms with Gasteiger partial charge in [0.2, 0.25) is 0 Å². The smallest absolute Gasteiger partial charge is 0.0765 e. The van der Waals surface area contributed by atoms with Crippen molar-refractivity contribution in [2.24, 2.45) is 0 Å². The molecule has 1 aliphatic heterocycles. The minimum absolute atomic E-state index is 0.454. The molecule has 1 saturated heterocycles. The third-order valence-electron chi connectivity index (χ3n) is 3.50. The van der Waals surface area contributed by atoms with E-state index >= 15 is 0 Å². The van der Waals surface area contributed by atoms with E-state index in [9.17, 15) is 0 Å². The monoisotopic (exact) mass is 236 g/mol. The second kappa shape index (κ2) is 5.65. The number of likely N-dealkylation sites (N-methyl/N-ethyl adjacent to an activating group) is 1. The summed E-state index contributed by atoms with van der Waals surface area (Å²) in [5, 5.41) is 7.90. The van der Waals surface area contributed by atoms with Crippen molar-refractivity contribution >= 4 is 0 Å². The number of nitrogens with zero attached hydrogens (tertiary/aromatic N) is 3. The highest BCUT2D eigenvalue weighted by Gasteiger charge is 2.24. The van der Waals surface area contributed by atoms with Gasteiger partial charge in [0.1, 0.15) is 0 Å². The summed E-state index contributed by atoms with van der Waals surface area (Å²) < 4.78 is 2.04. The Morgan fingerprint density at radius 2 is 2.35 bits per heavy atom. The van der Waals surface area contributed by atoms with Crippen LogP contribution >= 0.6 is 0 Å². The van der Waals surface area contributed by atoms with Gasteiger partial charge in [-0.2, -0.15) is 5.10 Å². The molecule has 4 heteroatoms. The van der Waals surface area contributed by atoms with Crippen LogP contribution in [-0.2, 0) is 6.54 Å². The van der Waals surface area contributed by atoms with Crippen LogP contribution in [0.5, 0.6) is 0 Å². The van der Waals surface area contributed by atoms with Crippen LogP contribution in [0.25, 0.3) is 0 Å². The molecule has 0 spiro atoms. The summed E-state index contributed by atoms with van der Waals surface area (Å²) in [5.41, 5.74) is 1.20. The second-order valence-electron chi connectivity index (χ2n) is 5.21. The maximum Gasteiger partial charge on any atom is 0.0765 e. The molecule has 0 aromatic carbocycles. The maximum atomic E-state index is 4.62. The van der Waals surface area contributed by atoms with Gasteiger partial charge < -0.3 is 5.32 Å². The molecule has 1 fully saturated rings. The highest BCUT2D eigenvalue weighted by Crippen LogP contribution is 2.19. The molecule has 0 aliphatic carbocycles. The molecule has 1 unspecified atom stereocenters. The fourth-order valence-electron chi connectivity index (χ4n) is 2.53. The lowest BCUT2D eigenvalue weighted by Crippen LogP contribution is -2.36. The molecular weight excluding hydrogens is 212 g/mol. The van der Waals surface area contributed by atoms with Crippen LogP contribution in [0.4, 0.5) is 0 Å². The molecule has 0 amide bonds. The van der Waals surface area contributed by atoms with Crippen LogP contribution in [0.15, 0.2) is 12.3 Å². The molecule has 0 bridgehead atoms. The van der Waals surface area contributed by atoms with Gasteiger partial charge in [0.05, 0.1) is 5.69 Å². The molecule has 17 heavy (non-hydrogen) atoms. The van der Waals surface area contributed by atoms with E-state index in [0.29, 0.717) is 12.1 Å². The molecule has 2 rings (SSSR count). The summed E-state index contributed by atoms with van der Waals surface area (Å²) in [6.07, 6.45) is 4.71. The SMILES string of the molecule is CNCC1CCCN1Cc1ccn(C(C)C)n1. The molecule has 4 nitrogen and oxygen atoms in total. The third-order valence-corrected chi connectivity index (χ3v) is 3.50. The van der Waals surface area contributed by atoms with Crippen molar-refractivity contribution in [3.05, 3.63) is 18.0 Å². The van der Waals surface area contributed by atoms with Gasteiger partial charge in [-0.25, -0.2) is 0 Å². The molecule has 1 aromatic heterocycles.